The van der Waals surface area contributed by atoms with E-state index in [1.165, 1.54) is 11.3 Å². The molecule has 0 saturated heterocycles. The molecule has 82 valence electrons. The minimum atomic E-state index is 0.0146. The van der Waals surface area contributed by atoms with E-state index in [1.807, 2.05) is 23.6 Å². The topological polar surface area (TPSA) is 26.3 Å². The zero-order chi connectivity index (χ0) is 11.5. The van der Waals surface area contributed by atoms with Crippen LogP contribution >= 0.6 is 27.3 Å². The second-order valence-electron chi connectivity index (χ2n) is 3.16. The Kier molecular flexibility index (Phi) is 3.41. The van der Waals surface area contributed by atoms with Crippen molar-refractivity contribution in [2.75, 3.05) is 7.11 Å². The van der Waals surface area contributed by atoms with Gasteiger partial charge in [0.2, 0.25) is 5.78 Å². The third-order valence-corrected chi connectivity index (χ3v) is 3.99. The smallest absolute Gasteiger partial charge is 0.204 e. The number of carbonyl (C=O) groups is 1. The Labute approximate surface area is 106 Å². The lowest BCUT2D eigenvalue weighted by Gasteiger charge is -2.02. The molecule has 1 aromatic carbocycles. The van der Waals surface area contributed by atoms with Crippen LogP contribution in [-0.4, -0.2) is 12.9 Å². The number of carbonyl (C=O) groups excluding carboxylic acids is 1. The van der Waals surface area contributed by atoms with E-state index < -0.39 is 0 Å². The van der Waals surface area contributed by atoms with Crippen LogP contribution < -0.4 is 4.74 Å². The van der Waals surface area contributed by atoms with Gasteiger partial charge in [-0.25, -0.2) is 0 Å². The molecule has 2 aromatic rings. The van der Waals surface area contributed by atoms with Crippen LogP contribution in [0.25, 0.3) is 0 Å². The standard InChI is InChI=1S/C12H9BrO2S/c1-15-9-4-2-3-8(7-9)11(14)12-10(13)5-6-16-12/h2-7H,1H3. The van der Waals surface area contributed by atoms with Crippen molar-refractivity contribution in [2.45, 2.75) is 0 Å². The molecule has 0 radical (unpaired) electrons. The summed E-state index contributed by atoms with van der Waals surface area (Å²) in [6.07, 6.45) is 0. The highest BCUT2D eigenvalue weighted by molar-refractivity contribution is 9.10. The van der Waals surface area contributed by atoms with Gasteiger partial charge in [-0.3, -0.25) is 4.79 Å². The van der Waals surface area contributed by atoms with E-state index >= 15 is 0 Å². The SMILES string of the molecule is COc1cccc(C(=O)c2sccc2Br)c1. The summed E-state index contributed by atoms with van der Waals surface area (Å²) in [5, 5.41) is 1.89. The van der Waals surface area contributed by atoms with Crippen LogP contribution in [0.3, 0.4) is 0 Å². The summed E-state index contributed by atoms with van der Waals surface area (Å²) >= 11 is 4.79. The van der Waals surface area contributed by atoms with Gasteiger partial charge in [-0.05, 0) is 39.5 Å². The molecule has 16 heavy (non-hydrogen) atoms. The summed E-state index contributed by atoms with van der Waals surface area (Å²) < 4.78 is 5.93. The molecule has 0 spiro atoms. The number of halogens is 1. The number of thiophene rings is 1. The quantitative estimate of drug-likeness (QED) is 0.807. The first-order chi connectivity index (χ1) is 7.72. The summed E-state index contributed by atoms with van der Waals surface area (Å²) in [6.45, 7) is 0. The average molecular weight is 297 g/mol. The largest absolute Gasteiger partial charge is 0.497 e. The number of methoxy groups -OCH3 is 1. The monoisotopic (exact) mass is 296 g/mol. The maximum absolute atomic E-state index is 12.1. The lowest BCUT2D eigenvalue weighted by molar-refractivity contribution is 0.104. The van der Waals surface area contributed by atoms with Crippen LogP contribution in [0.4, 0.5) is 0 Å². The van der Waals surface area contributed by atoms with Gasteiger partial charge >= 0.3 is 0 Å². The summed E-state index contributed by atoms with van der Waals surface area (Å²) in [4.78, 5) is 12.8. The zero-order valence-corrected chi connectivity index (χ0v) is 11.0. The molecule has 0 bridgehead atoms. The van der Waals surface area contributed by atoms with E-state index in [-0.39, 0.29) is 5.78 Å². The Morgan fingerprint density at radius 3 is 2.81 bits per heavy atom. The number of ether oxygens (including phenoxy) is 1. The Hall–Kier alpha value is -1.13. The Morgan fingerprint density at radius 1 is 1.38 bits per heavy atom. The van der Waals surface area contributed by atoms with Gasteiger partial charge in [-0.15, -0.1) is 11.3 Å². The first kappa shape index (κ1) is 11.4. The van der Waals surface area contributed by atoms with Gasteiger partial charge in [-0.1, -0.05) is 12.1 Å². The Bertz CT molecular complexity index is 519. The van der Waals surface area contributed by atoms with Crippen LogP contribution in [0.2, 0.25) is 0 Å². The van der Waals surface area contributed by atoms with Crippen molar-refractivity contribution in [1.82, 2.24) is 0 Å². The highest BCUT2D eigenvalue weighted by atomic mass is 79.9. The summed E-state index contributed by atoms with van der Waals surface area (Å²) in [5.41, 5.74) is 0.641. The second kappa shape index (κ2) is 4.80. The van der Waals surface area contributed by atoms with Crippen LogP contribution in [-0.2, 0) is 0 Å². The van der Waals surface area contributed by atoms with Crippen LogP contribution in [0.5, 0.6) is 5.75 Å². The van der Waals surface area contributed by atoms with Crippen molar-refractivity contribution >= 4 is 33.0 Å². The molecular formula is C12H9BrO2S. The fourth-order valence-electron chi connectivity index (χ4n) is 1.35. The van der Waals surface area contributed by atoms with Crippen molar-refractivity contribution in [1.29, 1.82) is 0 Å². The molecule has 0 atom stereocenters. The fourth-order valence-corrected chi connectivity index (χ4v) is 2.86. The molecule has 2 rings (SSSR count). The molecule has 0 unspecified atom stereocenters. The Morgan fingerprint density at radius 2 is 2.19 bits per heavy atom. The summed E-state index contributed by atoms with van der Waals surface area (Å²) in [6, 6.07) is 9.04. The fraction of sp³-hybridized carbons (Fsp3) is 0.0833. The molecule has 0 fully saturated rings. The first-order valence-electron chi connectivity index (χ1n) is 4.64. The highest BCUT2D eigenvalue weighted by Crippen LogP contribution is 2.26. The van der Waals surface area contributed by atoms with Crippen molar-refractivity contribution in [3.8, 4) is 5.75 Å². The third-order valence-electron chi connectivity index (χ3n) is 2.16. The molecule has 0 saturated carbocycles. The summed E-state index contributed by atoms with van der Waals surface area (Å²) in [7, 11) is 1.59. The van der Waals surface area contributed by atoms with E-state index in [0.717, 1.165) is 4.47 Å². The van der Waals surface area contributed by atoms with Gasteiger partial charge in [0.05, 0.1) is 12.0 Å². The maximum atomic E-state index is 12.1. The van der Waals surface area contributed by atoms with Gasteiger partial charge in [-0.2, -0.15) is 0 Å². The van der Waals surface area contributed by atoms with Crippen LogP contribution in [0, 0.1) is 0 Å². The maximum Gasteiger partial charge on any atom is 0.204 e. The first-order valence-corrected chi connectivity index (χ1v) is 6.31. The lowest BCUT2D eigenvalue weighted by atomic mass is 10.1. The van der Waals surface area contributed by atoms with Crippen LogP contribution in [0.1, 0.15) is 15.2 Å². The number of ketones is 1. The van der Waals surface area contributed by atoms with Crippen molar-refractivity contribution in [3.05, 3.63) is 50.6 Å². The minimum absolute atomic E-state index is 0.0146. The molecule has 0 N–H and O–H groups in total. The van der Waals surface area contributed by atoms with Gasteiger partial charge in [0.1, 0.15) is 5.75 Å². The zero-order valence-electron chi connectivity index (χ0n) is 8.57. The molecular weight excluding hydrogens is 288 g/mol. The molecule has 1 heterocycles. The molecule has 0 aliphatic rings. The lowest BCUT2D eigenvalue weighted by Crippen LogP contribution is -1.99. The molecule has 4 heteroatoms. The minimum Gasteiger partial charge on any atom is -0.497 e. The Balaban J connectivity index is 2.38. The number of hydrogen-bond donors (Lipinski definition) is 0. The molecule has 0 aliphatic heterocycles. The van der Waals surface area contributed by atoms with Gasteiger partial charge in [0, 0.05) is 10.0 Å². The average Bonchev–Trinajstić information content (AvgIpc) is 2.74. The van der Waals surface area contributed by atoms with Gasteiger partial charge in [0.25, 0.3) is 0 Å². The number of benzene rings is 1. The third kappa shape index (κ3) is 2.18. The number of rotatable bonds is 3. The normalized spacial score (nSPS) is 10.1. The highest BCUT2D eigenvalue weighted by Gasteiger charge is 2.14. The van der Waals surface area contributed by atoms with E-state index in [9.17, 15) is 4.79 Å². The van der Waals surface area contributed by atoms with Crippen molar-refractivity contribution in [2.24, 2.45) is 0 Å². The van der Waals surface area contributed by atoms with E-state index in [2.05, 4.69) is 15.9 Å². The summed E-state index contributed by atoms with van der Waals surface area (Å²) in [5.74, 6) is 0.708. The van der Waals surface area contributed by atoms with Gasteiger partial charge < -0.3 is 4.74 Å². The van der Waals surface area contributed by atoms with E-state index in [0.29, 0.717) is 16.2 Å². The molecule has 2 nitrogen and oxygen atoms in total. The van der Waals surface area contributed by atoms with E-state index in [4.69, 9.17) is 4.74 Å². The molecule has 1 aromatic heterocycles. The van der Waals surface area contributed by atoms with Crippen LogP contribution in [0.15, 0.2) is 40.2 Å². The predicted molar refractivity (Wildman–Crippen MR) is 68.4 cm³/mol. The second-order valence-corrected chi connectivity index (χ2v) is 4.93. The molecule has 0 aliphatic carbocycles. The molecule has 0 amide bonds. The number of hydrogen-bond acceptors (Lipinski definition) is 3. The van der Waals surface area contributed by atoms with Crippen molar-refractivity contribution < 1.29 is 9.53 Å². The van der Waals surface area contributed by atoms with Crippen molar-refractivity contribution in [3.63, 3.8) is 0 Å². The van der Waals surface area contributed by atoms with Gasteiger partial charge in [0.15, 0.2) is 0 Å². The van der Waals surface area contributed by atoms with E-state index in [1.54, 1.807) is 19.2 Å². The predicted octanol–water partition coefficient (Wildman–Crippen LogP) is 3.75.